The van der Waals surface area contributed by atoms with Crippen molar-refractivity contribution in [1.29, 1.82) is 0 Å². The number of aliphatic hydroxyl groups excluding tert-OH is 1. The van der Waals surface area contributed by atoms with E-state index in [-0.39, 0.29) is 23.9 Å². The molecule has 2 fully saturated rings. The van der Waals surface area contributed by atoms with Crippen molar-refractivity contribution in [2.24, 2.45) is 5.41 Å². The molecule has 31 heavy (non-hydrogen) atoms. The van der Waals surface area contributed by atoms with Crippen molar-refractivity contribution in [3.63, 3.8) is 0 Å². The predicted octanol–water partition coefficient (Wildman–Crippen LogP) is 3.44. The molecule has 7 nitrogen and oxygen atoms in total. The lowest BCUT2D eigenvalue weighted by Crippen LogP contribution is -2.45. The molecule has 5 rings (SSSR count). The first-order valence-electron chi connectivity index (χ1n) is 10.5. The Kier molecular flexibility index (Phi) is 5.40. The van der Waals surface area contributed by atoms with Crippen molar-refractivity contribution in [3.05, 3.63) is 45.1 Å². The highest BCUT2D eigenvalue weighted by atomic mass is 79.9. The van der Waals surface area contributed by atoms with Gasteiger partial charge in [-0.1, -0.05) is 6.07 Å². The van der Waals surface area contributed by atoms with E-state index in [4.69, 9.17) is 4.74 Å². The molecular formula is C22H24BrN3O4S. The fraction of sp³-hybridized carbons (Fsp3) is 0.500. The van der Waals surface area contributed by atoms with Crippen molar-refractivity contribution < 1.29 is 19.4 Å². The molecule has 1 spiro atoms. The number of likely N-dealkylation sites (tertiary alicyclic amines) is 1. The summed E-state index contributed by atoms with van der Waals surface area (Å²) in [5.74, 6) is -0.0853. The molecule has 164 valence electrons. The van der Waals surface area contributed by atoms with Crippen LogP contribution in [-0.4, -0.2) is 52.4 Å². The van der Waals surface area contributed by atoms with Crippen LogP contribution in [0.1, 0.15) is 52.4 Å². The Morgan fingerprint density at radius 3 is 2.71 bits per heavy atom. The topological polar surface area (TPSA) is 83.0 Å². The second kappa shape index (κ2) is 7.95. The second-order valence-corrected chi connectivity index (χ2v) is 10.3. The van der Waals surface area contributed by atoms with Gasteiger partial charge in [-0.05, 0) is 83.9 Å². The van der Waals surface area contributed by atoms with E-state index < -0.39 is 6.10 Å². The van der Waals surface area contributed by atoms with Crippen LogP contribution in [0, 0.1) is 12.3 Å². The maximum absolute atomic E-state index is 13.2. The molecule has 4 heterocycles. The molecule has 2 aromatic rings. The molecule has 2 saturated heterocycles. The number of hydrogen-bond donors (Lipinski definition) is 1. The zero-order valence-corrected chi connectivity index (χ0v) is 19.7. The van der Waals surface area contributed by atoms with Crippen LogP contribution in [0.15, 0.2) is 22.8 Å². The average molecular weight is 506 g/mol. The largest absolute Gasteiger partial charge is 0.457 e. The molecule has 0 unspecified atom stereocenters. The highest BCUT2D eigenvalue weighted by Gasteiger charge is 2.49. The molecule has 0 bridgehead atoms. The lowest BCUT2D eigenvalue weighted by Gasteiger charge is -2.38. The third-order valence-electron chi connectivity index (χ3n) is 7.08. The van der Waals surface area contributed by atoms with Crippen LogP contribution in [0.25, 0.3) is 0 Å². The Morgan fingerprint density at radius 1 is 1.26 bits per heavy atom. The number of amides is 1. The number of piperidine rings is 1. The van der Waals surface area contributed by atoms with Gasteiger partial charge in [-0.15, -0.1) is 0 Å². The van der Waals surface area contributed by atoms with E-state index >= 15 is 0 Å². The second-order valence-electron chi connectivity index (χ2n) is 8.66. The number of cyclic esters (lactones) is 1. The first-order valence-corrected chi connectivity index (χ1v) is 12.1. The SMILES string of the molecule is Cc1c([C@@H](O)CN2CCC3(CC2)CCN(c2sncc2Br)C3=O)ccc2c1COC2=O. The molecule has 1 amide bonds. The Bertz CT molecular complexity index is 1050. The van der Waals surface area contributed by atoms with Crippen LogP contribution in [0.2, 0.25) is 0 Å². The quantitative estimate of drug-likeness (QED) is 0.640. The molecule has 0 aliphatic carbocycles. The molecule has 3 aliphatic rings. The van der Waals surface area contributed by atoms with Crippen LogP contribution < -0.4 is 4.90 Å². The number of aromatic nitrogens is 1. The number of β-amino-alcohol motifs (C(OH)–C–C–N with tert-alkyl or cyclic N) is 1. The van der Waals surface area contributed by atoms with Gasteiger partial charge in [-0.25, -0.2) is 4.79 Å². The average Bonchev–Trinajstić information content (AvgIpc) is 3.43. The van der Waals surface area contributed by atoms with E-state index in [0.29, 0.717) is 12.1 Å². The lowest BCUT2D eigenvalue weighted by molar-refractivity contribution is -0.128. The number of esters is 1. The molecule has 3 aliphatic heterocycles. The molecule has 0 radical (unpaired) electrons. The number of carbonyl (C=O) groups excluding carboxylic acids is 2. The van der Waals surface area contributed by atoms with Gasteiger partial charge in [0.1, 0.15) is 11.6 Å². The summed E-state index contributed by atoms with van der Waals surface area (Å²) in [5, 5.41) is 11.8. The fourth-order valence-electron chi connectivity index (χ4n) is 5.11. The highest BCUT2D eigenvalue weighted by molar-refractivity contribution is 9.10. The van der Waals surface area contributed by atoms with Crippen LogP contribution in [0.3, 0.4) is 0 Å². The molecule has 9 heteroatoms. The third kappa shape index (κ3) is 3.51. The first kappa shape index (κ1) is 21.1. The van der Waals surface area contributed by atoms with Crippen molar-refractivity contribution >= 4 is 44.3 Å². The summed E-state index contributed by atoms with van der Waals surface area (Å²) in [4.78, 5) is 29.1. The molecule has 1 N–H and O–H groups in total. The number of ether oxygens (including phenoxy) is 1. The normalized spacial score (nSPS) is 21.6. The van der Waals surface area contributed by atoms with Gasteiger partial charge in [0.2, 0.25) is 5.91 Å². The summed E-state index contributed by atoms with van der Waals surface area (Å²) in [6.45, 7) is 5.04. The molecule has 1 atom stereocenters. The van der Waals surface area contributed by atoms with Gasteiger partial charge in [-0.2, -0.15) is 4.37 Å². The number of aliphatic hydroxyl groups is 1. The van der Waals surface area contributed by atoms with E-state index in [2.05, 4.69) is 25.2 Å². The number of anilines is 1. The van der Waals surface area contributed by atoms with Gasteiger partial charge in [0.15, 0.2) is 0 Å². The Labute approximate surface area is 193 Å². The van der Waals surface area contributed by atoms with Crippen LogP contribution >= 0.6 is 27.5 Å². The van der Waals surface area contributed by atoms with Gasteiger partial charge in [0.05, 0.1) is 27.8 Å². The zero-order chi connectivity index (χ0) is 21.8. The minimum atomic E-state index is -0.640. The summed E-state index contributed by atoms with van der Waals surface area (Å²) in [6.07, 6.45) is 3.57. The van der Waals surface area contributed by atoms with Gasteiger partial charge < -0.3 is 19.6 Å². The maximum atomic E-state index is 13.2. The number of halogens is 1. The smallest absolute Gasteiger partial charge is 0.338 e. The molecule has 1 aromatic heterocycles. The summed E-state index contributed by atoms with van der Waals surface area (Å²) < 4.78 is 10.2. The van der Waals surface area contributed by atoms with Crippen molar-refractivity contribution in [2.75, 3.05) is 31.1 Å². The van der Waals surface area contributed by atoms with Crippen molar-refractivity contribution in [2.45, 2.75) is 38.9 Å². The van der Waals surface area contributed by atoms with Gasteiger partial charge in [-0.3, -0.25) is 4.79 Å². The number of benzene rings is 1. The monoisotopic (exact) mass is 505 g/mol. The third-order valence-corrected chi connectivity index (χ3v) is 8.75. The fourth-order valence-corrected chi connectivity index (χ4v) is 6.45. The predicted molar refractivity (Wildman–Crippen MR) is 120 cm³/mol. The molecule has 1 aromatic carbocycles. The number of fused-ring (bicyclic) bond motifs is 1. The maximum Gasteiger partial charge on any atom is 0.338 e. The molecule has 0 saturated carbocycles. The standard InChI is InChI=1S/C22H24BrN3O4S/c1-13-14(2-3-15-16(13)12-30-20(15)28)18(27)11-25-7-4-22(5-8-25)6-9-26(21(22)29)19-17(23)10-24-31-19/h2-3,10,18,27H,4-9,11-12H2,1H3/t18-/m0/s1. The summed E-state index contributed by atoms with van der Waals surface area (Å²) in [6, 6.07) is 3.59. The Balaban J connectivity index is 1.23. The zero-order valence-electron chi connectivity index (χ0n) is 17.3. The Morgan fingerprint density at radius 2 is 2.00 bits per heavy atom. The van der Waals surface area contributed by atoms with E-state index in [9.17, 15) is 14.7 Å². The minimum absolute atomic E-state index is 0.205. The van der Waals surface area contributed by atoms with E-state index in [1.807, 2.05) is 17.9 Å². The number of hydrogen-bond acceptors (Lipinski definition) is 7. The number of rotatable bonds is 4. The minimum Gasteiger partial charge on any atom is -0.457 e. The van der Waals surface area contributed by atoms with Crippen LogP contribution in [-0.2, 0) is 16.1 Å². The number of nitrogens with zero attached hydrogens (tertiary/aromatic N) is 3. The van der Waals surface area contributed by atoms with Gasteiger partial charge >= 0.3 is 5.97 Å². The van der Waals surface area contributed by atoms with Crippen molar-refractivity contribution in [3.8, 4) is 0 Å². The summed E-state index contributed by atoms with van der Waals surface area (Å²) in [5.41, 5.74) is 2.96. The van der Waals surface area contributed by atoms with Gasteiger partial charge in [0.25, 0.3) is 0 Å². The van der Waals surface area contributed by atoms with E-state index in [0.717, 1.165) is 65.1 Å². The first-order chi connectivity index (χ1) is 14.9. The summed E-state index contributed by atoms with van der Waals surface area (Å²) in [7, 11) is 0. The van der Waals surface area contributed by atoms with Crippen molar-refractivity contribution in [1.82, 2.24) is 9.27 Å². The lowest BCUT2D eigenvalue weighted by atomic mass is 9.77. The molecular weight excluding hydrogens is 482 g/mol. The van der Waals surface area contributed by atoms with Gasteiger partial charge in [0, 0.05) is 18.7 Å². The van der Waals surface area contributed by atoms with Crippen LogP contribution in [0.5, 0.6) is 0 Å². The number of carbonyl (C=O) groups is 2. The Hall–Kier alpha value is -1.81. The summed E-state index contributed by atoms with van der Waals surface area (Å²) >= 11 is 4.84. The van der Waals surface area contributed by atoms with E-state index in [1.54, 1.807) is 12.3 Å². The van der Waals surface area contributed by atoms with E-state index in [1.165, 1.54) is 11.5 Å². The van der Waals surface area contributed by atoms with Crippen LogP contribution in [0.4, 0.5) is 5.00 Å². The highest BCUT2D eigenvalue weighted by Crippen LogP contribution is 2.45.